The number of fused-ring (bicyclic) bond motifs is 1. The molecule has 70 valence electrons. The molecule has 0 aliphatic carbocycles. The monoisotopic (exact) mass is 188 g/mol. The number of hydrogen-bond acceptors (Lipinski definition) is 3. The summed E-state index contributed by atoms with van der Waals surface area (Å²) in [4.78, 5) is 10.7. The third kappa shape index (κ3) is 1.54. The Balaban J connectivity index is 2.42. The zero-order chi connectivity index (χ0) is 9.97. The Kier molecular flexibility index (Phi) is 2.10. The number of carboxylic acid groups (broad SMARTS) is 1. The quantitative estimate of drug-likeness (QED) is 0.717. The summed E-state index contributed by atoms with van der Waals surface area (Å²) in [6.07, 6.45) is 1.90. The van der Waals surface area contributed by atoms with Crippen LogP contribution in [0.1, 0.15) is 11.1 Å². The van der Waals surface area contributed by atoms with Crippen LogP contribution in [0.2, 0.25) is 0 Å². The summed E-state index contributed by atoms with van der Waals surface area (Å²) in [5.41, 5.74) is 1.94. The third-order valence-corrected chi connectivity index (χ3v) is 2.04. The van der Waals surface area contributed by atoms with Gasteiger partial charge in [0.25, 0.3) is 0 Å². The van der Waals surface area contributed by atoms with Gasteiger partial charge in [0.15, 0.2) is 5.71 Å². The molecule has 0 atom stereocenters. The predicted molar refractivity (Wildman–Crippen MR) is 52.8 cm³/mol. The zero-order valence-electron chi connectivity index (χ0n) is 7.34. The zero-order valence-corrected chi connectivity index (χ0v) is 7.34. The molecule has 0 bridgehead atoms. The van der Waals surface area contributed by atoms with Gasteiger partial charge in [0.05, 0.1) is 6.21 Å². The topological polar surface area (TPSA) is 62.0 Å². The molecule has 0 unspecified atom stereocenters. The number of nitrogens with zero attached hydrogens (tertiary/aromatic N) is 2. The Hall–Kier alpha value is -1.97. The minimum absolute atomic E-state index is 0.0752. The number of rotatable bonds is 1. The van der Waals surface area contributed by atoms with E-state index in [1.807, 2.05) is 24.3 Å². The average Bonchev–Trinajstić information content (AvgIpc) is 2.39. The van der Waals surface area contributed by atoms with E-state index in [1.54, 1.807) is 6.21 Å². The fourth-order valence-corrected chi connectivity index (χ4v) is 1.32. The largest absolute Gasteiger partial charge is 0.477 e. The molecule has 0 saturated carbocycles. The molecule has 1 N–H and O–H groups in total. The Morgan fingerprint density at radius 1 is 1.36 bits per heavy atom. The van der Waals surface area contributed by atoms with Crippen molar-refractivity contribution in [3.63, 3.8) is 0 Å². The van der Waals surface area contributed by atoms with Crippen LogP contribution < -0.4 is 0 Å². The van der Waals surface area contributed by atoms with Gasteiger partial charge < -0.3 is 5.11 Å². The maximum atomic E-state index is 10.7. The highest BCUT2D eigenvalue weighted by molar-refractivity contribution is 6.36. The van der Waals surface area contributed by atoms with Crippen LogP contribution in [0.3, 0.4) is 0 Å². The summed E-state index contributed by atoms with van der Waals surface area (Å²) in [6.45, 7) is 0. The second kappa shape index (κ2) is 3.41. The summed E-state index contributed by atoms with van der Waals surface area (Å²) < 4.78 is 0. The van der Waals surface area contributed by atoms with Crippen molar-refractivity contribution in [2.75, 3.05) is 0 Å². The molecule has 0 fully saturated rings. The van der Waals surface area contributed by atoms with E-state index in [2.05, 4.69) is 10.2 Å². The fourth-order valence-electron chi connectivity index (χ4n) is 1.32. The fraction of sp³-hybridized carbons (Fsp3) is 0.100. The van der Waals surface area contributed by atoms with Crippen molar-refractivity contribution in [3.05, 3.63) is 35.4 Å². The van der Waals surface area contributed by atoms with Gasteiger partial charge in [-0.1, -0.05) is 24.3 Å². The molecule has 4 heteroatoms. The van der Waals surface area contributed by atoms with Crippen LogP contribution in [-0.4, -0.2) is 23.0 Å². The molecular weight excluding hydrogens is 180 g/mol. The molecule has 2 rings (SSSR count). The lowest BCUT2D eigenvalue weighted by Gasteiger charge is -2.01. The van der Waals surface area contributed by atoms with Gasteiger partial charge in [0, 0.05) is 6.42 Å². The van der Waals surface area contributed by atoms with Gasteiger partial charge in [-0.25, -0.2) is 4.79 Å². The molecule has 1 aromatic carbocycles. The molecular formula is C10H8N2O2. The lowest BCUT2D eigenvalue weighted by molar-refractivity contribution is -0.129. The van der Waals surface area contributed by atoms with E-state index in [-0.39, 0.29) is 5.71 Å². The van der Waals surface area contributed by atoms with Crippen molar-refractivity contribution in [3.8, 4) is 0 Å². The Labute approximate surface area is 80.6 Å². The second-order valence-corrected chi connectivity index (χ2v) is 2.97. The summed E-state index contributed by atoms with van der Waals surface area (Å²) in [5, 5.41) is 16.1. The SMILES string of the molecule is O=C(O)C1=NN=Cc2ccccc2C1. The molecule has 0 amide bonds. The van der Waals surface area contributed by atoms with E-state index in [4.69, 9.17) is 5.11 Å². The van der Waals surface area contributed by atoms with Gasteiger partial charge in [-0.2, -0.15) is 5.10 Å². The summed E-state index contributed by atoms with van der Waals surface area (Å²) in [5.74, 6) is -1.01. The molecule has 0 saturated heterocycles. The summed E-state index contributed by atoms with van der Waals surface area (Å²) >= 11 is 0. The minimum Gasteiger partial charge on any atom is -0.477 e. The molecule has 1 aliphatic rings. The summed E-state index contributed by atoms with van der Waals surface area (Å²) in [6, 6.07) is 7.53. The van der Waals surface area contributed by atoms with Crippen molar-refractivity contribution in [1.82, 2.24) is 0 Å². The van der Waals surface area contributed by atoms with Gasteiger partial charge in [-0.15, -0.1) is 5.10 Å². The normalized spacial score (nSPS) is 14.1. The van der Waals surface area contributed by atoms with Crippen LogP contribution in [0, 0.1) is 0 Å². The average molecular weight is 188 g/mol. The lowest BCUT2D eigenvalue weighted by atomic mass is 10.0. The van der Waals surface area contributed by atoms with Crippen molar-refractivity contribution < 1.29 is 9.90 Å². The molecule has 0 aromatic heterocycles. The summed E-state index contributed by atoms with van der Waals surface area (Å²) in [7, 11) is 0. The van der Waals surface area contributed by atoms with Crippen LogP contribution in [0.4, 0.5) is 0 Å². The van der Waals surface area contributed by atoms with Gasteiger partial charge >= 0.3 is 5.97 Å². The standard InChI is InChI=1S/C10H8N2O2/c13-10(14)9-5-7-3-1-2-4-8(7)6-11-12-9/h1-4,6H,5H2,(H,13,14). The first-order valence-electron chi connectivity index (χ1n) is 4.18. The van der Waals surface area contributed by atoms with E-state index >= 15 is 0 Å². The van der Waals surface area contributed by atoms with Crippen LogP contribution in [0.15, 0.2) is 34.5 Å². The molecule has 4 nitrogen and oxygen atoms in total. The van der Waals surface area contributed by atoms with Gasteiger partial charge in [-0.05, 0) is 11.1 Å². The Morgan fingerprint density at radius 3 is 2.93 bits per heavy atom. The van der Waals surface area contributed by atoms with Gasteiger partial charge in [0.1, 0.15) is 0 Å². The van der Waals surface area contributed by atoms with Crippen molar-refractivity contribution in [2.24, 2.45) is 10.2 Å². The smallest absolute Gasteiger partial charge is 0.352 e. The first kappa shape index (κ1) is 8.62. The van der Waals surface area contributed by atoms with Crippen LogP contribution in [0.25, 0.3) is 0 Å². The van der Waals surface area contributed by atoms with Crippen LogP contribution in [-0.2, 0) is 11.2 Å². The van der Waals surface area contributed by atoms with Crippen molar-refractivity contribution in [1.29, 1.82) is 0 Å². The highest BCUT2D eigenvalue weighted by Gasteiger charge is 2.14. The Bertz CT molecular complexity index is 436. The van der Waals surface area contributed by atoms with Gasteiger partial charge in [0.2, 0.25) is 0 Å². The van der Waals surface area contributed by atoms with E-state index < -0.39 is 5.97 Å². The number of carbonyl (C=O) groups is 1. The third-order valence-electron chi connectivity index (χ3n) is 2.04. The van der Waals surface area contributed by atoms with Gasteiger partial charge in [-0.3, -0.25) is 0 Å². The van der Waals surface area contributed by atoms with E-state index in [0.717, 1.165) is 11.1 Å². The van der Waals surface area contributed by atoms with Crippen LogP contribution >= 0.6 is 0 Å². The first-order valence-corrected chi connectivity index (χ1v) is 4.18. The second-order valence-electron chi connectivity index (χ2n) is 2.97. The molecule has 0 radical (unpaired) electrons. The number of carboxylic acids is 1. The number of hydrogen-bond donors (Lipinski definition) is 1. The molecule has 1 aliphatic heterocycles. The molecule has 14 heavy (non-hydrogen) atoms. The van der Waals surface area contributed by atoms with Crippen molar-refractivity contribution >= 4 is 17.9 Å². The van der Waals surface area contributed by atoms with E-state index in [9.17, 15) is 4.79 Å². The molecule has 0 spiro atoms. The first-order chi connectivity index (χ1) is 6.77. The highest BCUT2D eigenvalue weighted by atomic mass is 16.4. The maximum absolute atomic E-state index is 10.7. The highest BCUT2D eigenvalue weighted by Crippen LogP contribution is 2.11. The predicted octanol–water partition coefficient (Wildman–Crippen LogP) is 1.10. The maximum Gasteiger partial charge on any atom is 0.352 e. The van der Waals surface area contributed by atoms with E-state index in [1.165, 1.54) is 0 Å². The van der Waals surface area contributed by atoms with E-state index in [0.29, 0.717) is 6.42 Å². The van der Waals surface area contributed by atoms with Crippen molar-refractivity contribution in [2.45, 2.75) is 6.42 Å². The number of aliphatic carboxylic acids is 1. The van der Waals surface area contributed by atoms with Crippen LogP contribution in [0.5, 0.6) is 0 Å². The Morgan fingerprint density at radius 2 is 2.14 bits per heavy atom. The molecule has 1 heterocycles. The number of benzene rings is 1. The minimum atomic E-state index is -1.01. The lowest BCUT2D eigenvalue weighted by Crippen LogP contribution is -2.15. The molecule has 1 aromatic rings.